The summed E-state index contributed by atoms with van der Waals surface area (Å²) in [6, 6.07) is 7.70. The Labute approximate surface area is 193 Å². The topological polar surface area (TPSA) is 104 Å². The van der Waals surface area contributed by atoms with E-state index >= 15 is 0 Å². The molecule has 0 unspecified atom stereocenters. The highest BCUT2D eigenvalue weighted by atomic mass is 35.5. The van der Waals surface area contributed by atoms with Crippen LogP contribution < -0.4 is 5.32 Å². The van der Waals surface area contributed by atoms with Crippen LogP contribution in [0.2, 0.25) is 5.02 Å². The first-order valence-electron chi connectivity index (χ1n) is 9.68. The number of furan rings is 1. The first-order chi connectivity index (χ1) is 16.2. The van der Waals surface area contributed by atoms with E-state index in [0.29, 0.717) is 5.39 Å². The molecule has 1 amide bonds. The summed E-state index contributed by atoms with van der Waals surface area (Å²) in [5, 5.41) is 14.9. The number of halogens is 4. The van der Waals surface area contributed by atoms with Crippen LogP contribution in [-0.4, -0.2) is 35.7 Å². The number of aryl methyl sites for hydroxylation is 1. The Kier molecular flexibility index (Phi) is 5.09. The molecule has 172 valence electrons. The number of para-hydroxylation sites is 1. The van der Waals surface area contributed by atoms with Crippen molar-refractivity contribution < 1.29 is 22.4 Å². The molecule has 9 nitrogen and oxygen atoms in total. The molecule has 0 atom stereocenters. The lowest BCUT2D eigenvalue weighted by atomic mass is 10.0. The van der Waals surface area contributed by atoms with Gasteiger partial charge in [-0.2, -0.15) is 28.5 Å². The van der Waals surface area contributed by atoms with Crippen LogP contribution in [0.1, 0.15) is 16.1 Å². The number of anilines is 1. The van der Waals surface area contributed by atoms with E-state index in [1.54, 1.807) is 18.2 Å². The second-order valence-electron chi connectivity index (χ2n) is 7.14. The van der Waals surface area contributed by atoms with Crippen LogP contribution >= 0.6 is 11.6 Å². The highest BCUT2D eigenvalue weighted by Gasteiger charge is 2.42. The summed E-state index contributed by atoms with van der Waals surface area (Å²) in [6.45, 7) is 0. The summed E-state index contributed by atoms with van der Waals surface area (Å²) in [4.78, 5) is 18.2. The van der Waals surface area contributed by atoms with E-state index in [0.717, 1.165) is 9.48 Å². The van der Waals surface area contributed by atoms with E-state index in [9.17, 15) is 18.0 Å². The Hall–Kier alpha value is -4.19. The third kappa shape index (κ3) is 3.67. The number of pyridine rings is 1. The Bertz CT molecular complexity index is 1520. The first kappa shape index (κ1) is 21.6. The summed E-state index contributed by atoms with van der Waals surface area (Å²) in [7, 11) is 1.26. The van der Waals surface area contributed by atoms with Gasteiger partial charge in [-0.05, 0) is 18.2 Å². The van der Waals surface area contributed by atoms with Gasteiger partial charge in [-0.15, -0.1) is 4.80 Å². The fourth-order valence-corrected chi connectivity index (χ4v) is 3.82. The van der Waals surface area contributed by atoms with Crippen LogP contribution in [0.25, 0.3) is 28.0 Å². The van der Waals surface area contributed by atoms with Crippen molar-refractivity contribution in [1.82, 2.24) is 29.8 Å². The van der Waals surface area contributed by atoms with Crippen LogP contribution in [0, 0.1) is 0 Å². The van der Waals surface area contributed by atoms with Crippen molar-refractivity contribution >= 4 is 34.2 Å². The first-order valence-corrected chi connectivity index (χ1v) is 10.1. The summed E-state index contributed by atoms with van der Waals surface area (Å²) in [5.41, 5.74) is -1.86. The van der Waals surface area contributed by atoms with Crippen LogP contribution in [-0.2, 0) is 13.2 Å². The van der Waals surface area contributed by atoms with Crippen LogP contribution in [0.4, 0.5) is 18.9 Å². The highest BCUT2D eigenvalue weighted by Crippen LogP contribution is 2.41. The SMILES string of the molecule is Cn1nc(-c2cccc3ccoc23)c(C(F)(F)F)c1C(=O)Nc1cnc(-n2nccn2)c(Cl)c1. The molecule has 1 N–H and O–H groups in total. The van der Waals surface area contributed by atoms with Gasteiger partial charge >= 0.3 is 6.18 Å². The molecule has 0 aliphatic carbocycles. The van der Waals surface area contributed by atoms with Gasteiger partial charge in [0.2, 0.25) is 0 Å². The van der Waals surface area contributed by atoms with Gasteiger partial charge in [-0.3, -0.25) is 9.48 Å². The minimum atomic E-state index is -4.88. The standard InChI is InChI=1S/C21H13ClF3N7O2/c1-31-17(20(33)29-12-9-14(22)19(26-10-12)32-27-6-7-28-32)15(21(23,24)25)16(30-31)13-4-2-3-11-5-8-34-18(11)13/h2-10H,1H3,(H,29,33). The second kappa shape index (κ2) is 7.99. The van der Waals surface area contributed by atoms with Crippen LogP contribution in [0.3, 0.4) is 0 Å². The molecule has 0 bridgehead atoms. The largest absolute Gasteiger partial charge is 0.464 e. The van der Waals surface area contributed by atoms with Gasteiger partial charge in [0, 0.05) is 18.0 Å². The lowest BCUT2D eigenvalue weighted by Crippen LogP contribution is -2.21. The van der Waals surface area contributed by atoms with E-state index in [1.807, 2.05) is 0 Å². The van der Waals surface area contributed by atoms with E-state index in [1.165, 1.54) is 44.0 Å². The molecule has 4 heterocycles. The monoisotopic (exact) mass is 487 g/mol. The molecule has 5 aromatic rings. The molecule has 0 fully saturated rings. The molecule has 13 heteroatoms. The maximum absolute atomic E-state index is 14.2. The zero-order valence-corrected chi connectivity index (χ0v) is 18.0. The molecule has 0 spiro atoms. The molecule has 4 aromatic heterocycles. The average Bonchev–Trinajstić information content (AvgIpc) is 3.52. The van der Waals surface area contributed by atoms with E-state index in [-0.39, 0.29) is 27.7 Å². The van der Waals surface area contributed by atoms with Gasteiger partial charge in [0.15, 0.2) is 5.82 Å². The lowest BCUT2D eigenvalue weighted by molar-refractivity contribution is -0.137. The number of nitrogens with one attached hydrogen (secondary N) is 1. The quantitative estimate of drug-likeness (QED) is 0.393. The van der Waals surface area contributed by atoms with Gasteiger partial charge in [0.25, 0.3) is 5.91 Å². The smallest absolute Gasteiger partial charge is 0.420 e. The van der Waals surface area contributed by atoms with Gasteiger partial charge in [-0.1, -0.05) is 23.7 Å². The summed E-state index contributed by atoms with van der Waals surface area (Å²) in [5.74, 6) is -0.849. The molecule has 0 saturated heterocycles. The van der Waals surface area contributed by atoms with Gasteiger partial charge in [0.05, 0.1) is 35.6 Å². The van der Waals surface area contributed by atoms with Gasteiger partial charge < -0.3 is 9.73 Å². The molecule has 5 rings (SSSR count). The number of rotatable bonds is 4. The van der Waals surface area contributed by atoms with Gasteiger partial charge in [-0.25, -0.2) is 4.98 Å². The number of alkyl halides is 3. The number of benzene rings is 1. The molecule has 1 aromatic carbocycles. The molecule has 0 aliphatic rings. The summed E-state index contributed by atoms with van der Waals surface area (Å²) in [6.07, 6.45) is 0.579. The highest BCUT2D eigenvalue weighted by molar-refractivity contribution is 6.32. The van der Waals surface area contributed by atoms with Crippen molar-refractivity contribution in [3.05, 3.63) is 71.5 Å². The maximum atomic E-state index is 14.2. The van der Waals surface area contributed by atoms with Crippen molar-refractivity contribution in [2.75, 3.05) is 5.32 Å². The number of hydrogen-bond acceptors (Lipinski definition) is 6. The molecular weight excluding hydrogens is 475 g/mol. The predicted molar refractivity (Wildman–Crippen MR) is 116 cm³/mol. The third-order valence-corrected chi connectivity index (χ3v) is 5.25. The number of nitrogens with zero attached hydrogens (tertiary/aromatic N) is 6. The Balaban J connectivity index is 1.56. The zero-order valence-electron chi connectivity index (χ0n) is 17.2. The number of amides is 1. The second-order valence-corrected chi connectivity index (χ2v) is 7.55. The van der Waals surface area contributed by atoms with Crippen molar-refractivity contribution in [3.63, 3.8) is 0 Å². The molecule has 0 saturated carbocycles. The van der Waals surface area contributed by atoms with Crippen LogP contribution in [0.5, 0.6) is 0 Å². The van der Waals surface area contributed by atoms with Gasteiger partial charge in [0.1, 0.15) is 22.5 Å². The minimum absolute atomic E-state index is 0.0786. The lowest BCUT2D eigenvalue weighted by Gasteiger charge is -2.12. The minimum Gasteiger partial charge on any atom is -0.464 e. The Morgan fingerprint density at radius 2 is 1.94 bits per heavy atom. The Morgan fingerprint density at radius 1 is 1.18 bits per heavy atom. The van der Waals surface area contributed by atoms with Crippen molar-refractivity contribution in [1.29, 1.82) is 0 Å². The molecule has 34 heavy (non-hydrogen) atoms. The van der Waals surface area contributed by atoms with Crippen molar-refractivity contribution in [2.45, 2.75) is 6.18 Å². The number of aromatic nitrogens is 6. The number of carbonyl (C=O) groups is 1. The summed E-state index contributed by atoms with van der Waals surface area (Å²) < 4.78 is 48.8. The molecule has 0 aliphatic heterocycles. The van der Waals surface area contributed by atoms with Crippen LogP contribution in [0.15, 0.2) is 59.6 Å². The Morgan fingerprint density at radius 3 is 2.65 bits per heavy atom. The maximum Gasteiger partial charge on any atom is 0.420 e. The number of carbonyl (C=O) groups excluding carboxylic acids is 1. The number of hydrogen-bond donors (Lipinski definition) is 1. The van der Waals surface area contributed by atoms with E-state index in [2.05, 4.69) is 25.6 Å². The van der Waals surface area contributed by atoms with Crippen molar-refractivity contribution in [3.8, 4) is 17.1 Å². The van der Waals surface area contributed by atoms with E-state index < -0.39 is 29.0 Å². The fraction of sp³-hybridized carbons (Fsp3) is 0.0952. The fourth-order valence-electron chi connectivity index (χ4n) is 3.58. The summed E-state index contributed by atoms with van der Waals surface area (Å²) >= 11 is 6.19. The average molecular weight is 488 g/mol. The normalized spacial score (nSPS) is 11.8. The third-order valence-electron chi connectivity index (χ3n) is 4.97. The predicted octanol–water partition coefficient (Wildman–Crippen LogP) is 4.73. The molecule has 0 radical (unpaired) electrons. The molecular formula is C21H13ClF3N7O2. The van der Waals surface area contributed by atoms with Crippen molar-refractivity contribution in [2.24, 2.45) is 7.05 Å². The zero-order chi connectivity index (χ0) is 24.0. The van der Waals surface area contributed by atoms with E-state index in [4.69, 9.17) is 16.0 Å². The number of fused-ring (bicyclic) bond motifs is 1.